The molecule has 0 aromatic carbocycles. The van der Waals surface area contributed by atoms with Crippen molar-refractivity contribution in [3.8, 4) is 0 Å². The van der Waals surface area contributed by atoms with Crippen LogP contribution in [0.3, 0.4) is 0 Å². The lowest BCUT2D eigenvalue weighted by molar-refractivity contribution is 0.190. The lowest BCUT2D eigenvalue weighted by atomic mass is 10.1. The van der Waals surface area contributed by atoms with Gasteiger partial charge in [0.2, 0.25) is 0 Å². The second-order valence-electron chi connectivity index (χ2n) is 4.29. The molecule has 0 amide bonds. The normalized spacial score (nSPS) is 35.5. The Hall–Kier alpha value is -0.0800. The average Bonchev–Trinajstić information content (AvgIpc) is 2.61. The molecule has 0 N–H and O–H groups in total. The first kappa shape index (κ1) is 7.56. The van der Waals surface area contributed by atoms with Crippen molar-refractivity contribution in [2.75, 3.05) is 27.7 Å². The van der Waals surface area contributed by atoms with Crippen molar-refractivity contribution < 1.29 is 0 Å². The van der Waals surface area contributed by atoms with Crippen LogP contribution in [0.1, 0.15) is 19.3 Å². The minimum Gasteiger partial charge on any atom is -0.305 e. The largest absolute Gasteiger partial charge is 0.305 e. The highest BCUT2D eigenvalue weighted by Gasteiger charge is 2.56. The molecule has 2 rings (SSSR count). The summed E-state index contributed by atoms with van der Waals surface area (Å²) in [6.45, 7) is 1.29. The van der Waals surface area contributed by atoms with Crippen LogP contribution in [-0.2, 0) is 0 Å². The molecule has 2 aliphatic rings. The second-order valence-corrected chi connectivity index (χ2v) is 4.29. The summed E-state index contributed by atoms with van der Waals surface area (Å²) < 4.78 is 0. The van der Waals surface area contributed by atoms with Crippen LogP contribution in [0.15, 0.2) is 0 Å². The smallest absolute Gasteiger partial charge is 0.0363 e. The highest BCUT2D eigenvalue weighted by molar-refractivity contribution is 5.14. The number of nitrogens with zero attached hydrogens (tertiary/aromatic N) is 2. The Bertz CT molecular complexity index is 161. The van der Waals surface area contributed by atoms with Crippen LogP contribution in [0.2, 0.25) is 0 Å². The first-order chi connectivity index (χ1) is 5.17. The SMILES string of the molecule is CN(C)C1CCN(C)C12CC2. The van der Waals surface area contributed by atoms with E-state index in [0.29, 0.717) is 5.54 Å². The Kier molecular flexibility index (Phi) is 1.52. The zero-order valence-corrected chi connectivity index (χ0v) is 7.80. The van der Waals surface area contributed by atoms with Gasteiger partial charge in [0, 0.05) is 18.1 Å². The number of rotatable bonds is 1. The third-order valence-electron chi connectivity index (χ3n) is 3.50. The highest BCUT2D eigenvalue weighted by Crippen LogP contribution is 2.50. The number of hydrogen-bond acceptors (Lipinski definition) is 2. The average molecular weight is 154 g/mol. The van der Waals surface area contributed by atoms with Gasteiger partial charge in [-0.3, -0.25) is 4.90 Å². The van der Waals surface area contributed by atoms with Crippen LogP contribution in [0.4, 0.5) is 0 Å². The molecule has 1 aliphatic carbocycles. The van der Waals surface area contributed by atoms with Crippen molar-refractivity contribution in [1.82, 2.24) is 9.80 Å². The molecule has 0 bridgehead atoms. The van der Waals surface area contributed by atoms with E-state index >= 15 is 0 Å². The summed E-state index contributed by atoms with van der Waals surface area (Å²) in [4.78, 5) is 4.95. The molecule has 2 fully saturated rings. The number of likely N-dealkylation sites (tertiary alicyclic amines) is 1. The van der Waals surface area contributed by atoms with Crippen molar-refractivity contribution in [3.63, 3.8) is 0 Å². The lowest BCUT2D eigenvalue weighted by Gasteiger charge is -2.29. The number of likely N-dealkylation sites (N-methyl/N-ethyl adjacent to an activating group) is 2. The van der Waals surface area contributed by atoms with Gasteiger partial charge in [-0.2, -0.15) is 0 Å². The molecule has 1 saturated carbocycles. The summed E-state index contributed by atoms with van der Waals surface area (Å²) in [6.07, 6.45) is 4.21. The highest BCUT2D eigenvalue weighted by atomic mass is 15.3. The predicted molar refractivity (Wildman–Crippen MR) is 46.7 cm³/mol. The summed E-state index contributed by atoms with van der Waals surface area (Å²) in [6, 6.07) is 0.826. The van der Waals surface area contributed by atoms with E-state index in [0.717, 1.165) is 6.04 Å². The molecule has 1 atom stereocenters. The Morgan fingerprint density at radius 2 is 2.00 bits per heavy atom. The van der Waals surface area contributed by atoms with Crippen LogP contribution in [0, 0.1) is 0 Å². The standard InChI is InChI=1S/C9H18N2/c1-10(2)8-4-7-11(3)9(8)5-6-9/h8H,4-7H2,1-3H3. The van der Waals surface area contributed by atoms with E-state index < -0.39 is 0 Å². The first-order valence-electron chi connectivity index (χ1n) is 4.54. The van der Waals surface area contributed by atoms with Gasteiger partial charge >= 0.3 is 0 Å². The van der Waals surface area contributed by atoms with Crippen molar-refractivity contribution in [2.24, 2.45) is 0 Å². The van der Waals surface area contributed by atoms with Crippen molar-refractivity contribution in [1.29, 1.82) is 0 Å². The summed E-state index contributed by atoms with van der Waals surface area (Å²) >= 11 is 0. The van der Waals surface area contributed by atoms with E-state index in [4.69, 9.17) is 0 Å². The minimum absolute atomic E-state index is 0.601. The molecule has 0 aromatic heterocycles. The molecule has 11 heavy (non-hydrogen) atoms. The van der Waals surface area contributed by atoms with Crippen LogP contribution >= 0.6 is 0 Å². The van der Waals surface area contributed by atoms with E-state index in [1.54, 1.807) is 0 Å². The van der Waals surface area contributed by atoms with Crippen LogP contribution in [-0.4, -0.2) is 49.1 Å². The van der Waals surface area contributed by atoms with E-state index in [1.165, 1.54) is 25.8 Å². The molecule has 1 heterocycles. The molecule has 2 nitrogen and oxygen atoms in total. The molecule has 0 aromatic rings. The van der Waals surface area contributed by atoms with Gasteiger partial charge in [0.25, 0.3) is 0 Å². The van der Waals surface area contributed by atoms with Crippen molar-refractivity contribution >= 4 is 0 Å². The van der Waals surface area contributed by atoms with Crippen LogP contribution in [0.25, 0.3) is 0 Å². The summed E-state index contributed by atoms with van der Waals surface area (Å²) in [7, 11) is 6.70. The quantitative estimate of drug-likeness (QED) is 0.551. The molecule has 1 aliphatic heterocycles. The zero-order chi connectivity index (χ0) is 8.06. The maximum Gasteiger partial charge on any atom is 0.0363 e. The maximum atomic E-state index is 2.55. The monoisotopic (exact) mass is 154 g/mol. The van der Waals surface area contributed by atoms with Gasteiger partial charge in [0.15, 0.2) is 0 Å². The summed E-state index contributed by atoms with van der Waals surface area (Å²) in [5.41, 5.74) is 0.601. The van der Waals surface area contributed by atoms with Gasteiger partial charge in [-0.05, 0) is 40.4 Å². The minimum atomic E-state index is 0.601. The molecule has 1 saturated heterocycles. The van der Waals surface area contributed by atoms with Gasteiger partial charge in [-0.15, -0.1) is 0 Å². The number of hydrogen-bond donors (Lipinski definition) is 0. The van der Waals surface area contributed by atoms with Crippen molar-refractivity contribution in [3.05, 3.63) is 0 Å². The van der Waals surface area contributed by atoms with Gasteiger partial charge < -0.3 is 4.90 Å². The van der Waals surface area contributed by atoms with Crippen LogP contribution < -0.4 is 0 Å². The maximum absolute atomic E-state index is 2.55. The van der Waals surface area contributed by atoms with E-state index in [2.05, 4.69) is 30.9 Å². The van der Waals surface area contributed by atoms with Gasteiger partial charge in [0.05, 0.1) is 0 Å². The van der Waals surface area contributed by atoms with Gasteiger partial charge in [-0.25, -0.2) is 0 Å². The third kappa shape index (κ3) is 0.926. The van der Waals surface area contributed by atoms with E-state index in [1.807, 2.05) is 0 Å². The molecule has 0 radical (unpaired) electrons. The fourth-order valence-corrected chi connectivity index (χ4v) is 2.64. The third-order valence-corrected chi connectivity index (χ3v) is 3.50. The first-order valence-corrected chi connectivity index (χ1v) is 4.54. The molecule has 2 heteroatoms. The van der Waals surface area contributed by atoms with Gasteiger partial charge in [0.1, 0.15) is 0 Å². The summed E-state index contributed by atoms with van der Waals surface area (Å²) in [5.74, 6) is 0. The fourth-order valence-electron chi connectivity index (χ4n) is 2.64. The van der Waals surface area contributed by atoms with Gasteiger partial charge in [-0.1, -0.05) is 0 Å². The fraction of sp³-hybridized carbons (Fsp3) is 1.00. The Morgan fingerprint density at radius 3 is 2.36 bits per heavy atom. The molecular weight excluding hydrogens is 136 g/mol. The van der Waals surface area contributed by atoms with E-state index in [9.17, 15) is 0 Å². The van der Waals surface area contributed by atoms with E-state index in [-0.39, 0.29) is 0 Å². The summed E-state index contributed by atoms with van der Waals surface area (Å²) in [5, 5.41) is 0. The topological polar surface area (TPSA) is 6.48 Å². The van der Waals surface area contributed by atoms with Crippen molar-refractivity contribution in [2.45, 2.75) is 30.8 Å². The molecule has 1 unspecified atom stereocenters. The van der Waals surface area contributed by atoms with Crippen LogP contribution in [0.5, 0.6) is 0 Å². The Morgan fingerprint density at radius 1 is 1.36 bits per heavy atom. The molecular formula is C9H18N2. The Balaban J connectivity index is 2.13. The Labute approximate surface area is 69.2 Å². The second kappa shape index (κ2) is 2.20. The molecule has 1 spiro atoms. The zero-order valence-electron chi connectivity index (χ0n) is 7.80. The molecule has 64 valence electrons. The lowest BCUT2D eigenvalue weighted by Crippen LogP contribution is -2.42. The predicted octanol–water partition coefficient (Wildman–Crippen LogP) is 0.785.